The molecule has 0 spiro atoms. The van der Waals surface area contributed by atoms with Crippen LogP contribution in [0.25, 0.3) is 0 Å². The predicted octanol–water partition coefficient (Wildman–Crippen LogP) is 3.14. The molecule has 0 bridgehead atoms. The standard InChI is InChI=1S/C21H22F2N2O3/c22-15-7-8-17(18(23)11-15)20(27)25-10-4-9-21(13-25,12-19(24)26)14-28-16-5-2-1-3-6-16/h1-3,5-8,11H,4,9-10,12-14H2,(H2,24,26)/t21-/m1/s1. The number of benzene rings is 2. The minimum Gasteiger partial charge on any atom is -0.493 e. The van der Waals surface area contributed by atoms with E-state index in [-0.39, 0.29) is 25.1 Å². The molecule has 1 fully saturated rings. The number of halogens is 2. The summed E-state index contributed by atoms with van der Waals surface area (Å²) in [4.78, 5) is 26.0. The molecule has 1 saturated heterocycles. The second kappa shape index (κ2) is 8.37. The van der Waals surface area contributed by atoms with Gasteiger partial charge in [0, 0.05) is 31.0 Å². The smallest absolute Gasteiger partial charge is 0.256 e. The van der Waals surface area contributed by atoms with Crippen LogP contribution >= 0.6 is 0 Å². The highest BCUT2D eigenvalue weighted by atomic mass is 19.1. The van der Waals surface area contributed by atoms with Crippen LogP contribution in [-0.2, 0) is 4.79 Å². The van der Waals surface area contributed by atoms with Gasteiger partial charge in [0.1, 0.15) is 17.4 Å². The van der Waals surface area contributed by atoms with Gasteiger partial charge in [-0.15, -0.1) is 0 Å². The number of amides is 2. The van der Waals surface area contributed by atoms with Crippen LogP contribution in [0.15, 0.2) is 48.5 Å². The van der Waals surface area contributed by atoms with Gasteiger partial charge in [-0.05, 0) is 37.1 Å². The zero-order chi connectivity index (χ0) is 20.1. The summed E-state index contributed by atoms with van der Waals surface area (Å²) in [6.07, 6.45) is 1.33. The number of nitrogens with zero attached hydrogens (tertiary/aromatic N) is 1. The molecule has 0 saturated carbocycles. The van der Waals surface area contributed by atoms with Crippen LogP contribution in [-0.4, -0.2) is 36.4 Å². The Balaban J connectivity index is 1.79. The highest BCUT2D eigenvalue weighted by molar-refractivity contribution is 5.94. The van der Waals surface area contributed by atoms with E-state index in [0.717, 1.165) is 12.1 Å². The van der Waals surface area contributed by atoms with E-state index in [1.54, 1.807) is 12.1 Å². The minimum atomic E-state index is -0.906. The highest BCUT2D eigenvalue weighted by Crippen LogP contribution is 2.35. The summed E-state index contributed by atoms with van der Waals surface area (Å²) in [7, 11) is 0. The van der Waals surface area contributed by atoms with Crippen molar-refractivity contribution in [2.75, 3.05) is 19.7 Å². The fourth-order valence-corrected chi connectivity index (χ4v) is 3.65. The Morgan fingerprint density at radius 1 is 1.14 bits per heavy atom. The quantitative estimate of drug-likeness (QED) is 0.826. The summed E-state index contributed by atoms with van der Waals surface area (Å²) in [5.41, 5.74) is 4.60. The van der Waals surface area contributed by atoms with Crippen LogP contribution in [0.5, 0.6) is 5.75 Å². The van der Waals surface area contributed by atoms with E-state index in [2.05, 4.69) is 0 Å². The van der Waals surface area contributed by atoms with Crippen molar-refractivity contribution in [1.82, 2.24) is 4.90 Å². The van der Waals surface area contributed by atoms with Crippen molar-refractivity contribution in [3.63, 3.8) is 0 Å². The molecular formula is C21H22F2N2O3. The number of likely N-dealkylation sites (tertiary alicyclic amines) is 1. The van der Waals surface area contributed by atoms with E-state index in [9.17, 15) is 18.4 Å². The number of hydrogen-bond donors (Lipinski definition) is 1. The third kappa shape index (κ3) is 4.65. The largest absolute Gasteiger partial charge is 0.493 e. The predicted molar refractivity (Wildman–Crippen MR) is 99.7 cm³/mol. The van der Waals surface area contributed by atoms with Gasteiger partial charge in [0.05, 0.1) is 12.2 Å². The molecular weight excluding hydrogens is 366 g/mol. The molecule has 148 valence electrons. The lowest BCUT2D eigenvalue weighted by Gasteiger charge is -2.42. The van der Waals surface area contributed by atoms with Crippen LogP contribution in [0.2, 0.25) is 0 Å². The van der Waals surface area contributed by atoms with Gasteiger partial charge in [0.25, 0.3) is 5.91 Å². The summed E-state index contributed by atoms with van der Waals surface area (Å²) < 4.78 is 33.0. The molecule has 0 aromatic heterocycles. The number of carbonyl (C=O) groups excluding carboxylic acids is 2. The van der Waals surface area contributed by atoms with E-state index in [0.29, 0.717) is 31.2 Å². The number of primary amides is 1. The van der Waals surface area contributed by atoms with Gasteiger partial charge in [0.2, 0.25) is 5.91 Å². The van der Waals surface area contributed by atoms with Crippen LogP contribution in [0.3, 0.4) is 0 Å². The van der Waals surface area contributed by atoms with Crippen molar-refractivity contribution in [2.45, 2.75) is 19.3 Å². The van der Waals surface area contributed by atoms with Gasteiger partial charge < -0.3 is 15.4 Å². The van der Waals surface area contributed by atoms with E-state index in [1.165, 1.54) is 4.90 Å². The monoisotopic (exact) mass is 388 g/mol. The van der Waals surface area contributed by atoms with Crippen LogP contribution in [0.4, 0.5) is 8.78 Å². The molecule has 1 atom stereocenters. The summed E-state index contributed by atoms with van der Waals surface area (Å²) >= 11 is 0. The zero-order valence-corrected chi connectivity index (χ0v) is 15.4. The molecule has 0 unspecified atom stereocenters. The Hall–Kier alpha value is -2.96. The lowest BCUT2D eigenvalue weighted by molar-refractivity contribution is -0.122. The van der Waals surface area contributed by atoms with Gasteiger partial charge in [-0.3, -0.25) is 9.59 Å². The van der Waals surface area contributed by atoms with Gasteiger partial charge in [-0.25, -0.2) is 8.78 Å². The maximum Gasteiger partial charge on any atom is 0.256 e. The zero-order valence-electron chi connectivity index (χ0n) is 15.4. The molecule has 1 heterocycles. The normalized spacial score (nSPS) is 19.3. The fraction of sp³-hybridized carbons (Fsp3) is 0.333. The first kappa shape index (κ1) is 19.8. The van der Waals surface area contributed by atoms with Crippen molar-refractivity contribution in [3.8, 4) is 5.75 Å². The van der Waals surface area contributed by atoms with Crippen molar-refractivity contribution in [2.24, 2.45) is 11.1 Å². The lowest BCUT2D eigenvalue weighted by atomic mass is 9.77. The SMILES string of the molecule is NC(=O)C[C@]1(COc2ccccc2)CCCN(C(=O)c2ccc(F)cc2F)C1. The average molecular weight is 388 g/mol. The van der Waals surface area contributed by atoms with Crippen LogP contribution in [0, 0.1) is 17.0 Å². The maximum absolute atomic E-state index is 14.0. The first-order chi connectivity index (χ1) is 13.4. The minimum absolute atomic E-state index is 0.0511. The Labute approximate surface area is 162 Å². The van der Waals surface area contributed by atoms with Gasteiger partial charge in [-0.1, -0.05) is 18.2 Å². The first-order valence-corrected chi connectivity index (χ1v) is 9.09. The van der Waals surface area contributed by atoms with Gasteiger partial charge in [0.15, 0.2) is 0 Å². The molecule has 2 aromatic carbocycles. The lowest BCUT2D eigenvalue weighted by Crippen LogP contribution is -2.50. The number of hydrogen-bond acceptors (Lipinski definition) is 3. The second-order valence-electron chi connectivity index (χ2n) is 7.20. The molecule has 1 aliphatic rings. The Morgan fingerprint density at radius 2 is 1.89 bits per heavy atom. The molecule has 7 heteroatoms. The highest BCUT2D eigenvalue weighted by Gasteiger charge is 2.40. The topological polar surface area (TPSA) is 72.6 Å². The summed E-state index contributed by atoms with van der Waals surface area (Å²) in [6, 6.07) is 12.0. The van der Waals surface area contributed by atoms with Crippen molar-refractivity contribution in [3.05, 3.63) is 65.7 Å². The number of piperidine rings is 1. The Bertz CT molecular complexity index is 860. The van der Waals surface area contributed by atoms with Crippen LogP contribution in [0.1, 0.15) is 29.6 Å². The van der Waals surface area contributed by atoms with Crippen molar-refractivity contribution >= 4 is 11.8 Å². The maximum atomic E-state index is 14.0. The number of rotatable bonds is 6. The molecule has 2 amide bonds. The van der Waals surface area contributed by atoms with Crippen LogP contribution < -0.4 is 10.5 Å². The third-order valence-corrected chi connectivity index (χ3v) is 4.95. The molecule has 28 heavy (non-hydrogen) atoms. The number of carbonyl (C=O) groups is 2. The number of nitrogens with two attached hydrogens (primary N) is 1. The summed E-state index contributed by atoms with van der Waals surface area (Å²) in [6.45, 7) is 0.829. The van der Waals surface area contributed by atoms with Crippen molar-refractivity contribution in [1.29, 1.82) is 0 Å². The van der Waals surface area contributed by atoms with Gasteiger partial charge in [-0.2, -0.15) is 0 Å². The van der Waals surface area contributed by atoms with Crippen molar-refractivity contribution < 1.29 is 23.1 Å². The average Bonchev–Trinajstić information content (AvgIpc) is 2.66. The molecule has 1 aliphatic heterocycles. The molecule has 2 N–H and O–H groups in total. The van der Waals surface area contributed by atoms with E-state index >= 15 is 0 Å². The molecule has 2 aromatic rings. The first-order valence-electron chi connectivity index (χ1n) is 9.09. The number of ether oxygens (including phenoxy) is 1. The molecule has 0 aliphatic carbocycles. The van der Waals surface area contributed by atoms with E-state index in [1.807, 2.05) is 18.2 Å². The number of para-hydroxylation sites is 1. The van der Waals surface area contributed by atoms with Gasteiger partial charge >= 0.3 is 0 Å². The second-order valence-corrected chi connectivity index (χ2v) is 7.20. The molecule has 0 radical (unpaired) electrons. The third-order valence-electron chi connectivity index (χ3n) is 4.95. The fourth-order valence-electron chi connectivity index (χ4n) is 3.65. The Morgan fingerprint density at radius 3 is 2.57 bits per heavy atom. The molecule has 3 rings (SSSR count). The molecule has 5 nitrogen and oxygen atoms in total. The summed E-state index contributed by atoms with van der Waals surface area (Å²) in [5.74, 6) is -2.02. The van der Waals surface area contributed by atoms with E-state index < -0.39 is 28.9 Å². The summed E-state index contributed by atoms with van der Waals surface area (Å²) in [5, 5.41) is 0. The Kier molecular flexibility index (Phi) is 5.92. The van der Waals surface area contributed by atoms with E-state index in [4.69, 9.17) is 10.5 Å².